The van der Waals surface area contributed by atoms with Gasteiger partial charge in [-0.15, -0.1) is 0 Å². The molecule has 1 saturated heterocycles. The standard InChI is InChI=1S/C14H20F3N3O2/c15-14(16,17)13(21)6-3-7-20(9-13)8-11-18-12(19-22-11)10-4-1-2-5-10/h10,21H,1-9H2/t13-/m0/s1. The average molecular weight is 319 g/mol. The molecule has 1 N–H and O–H groups in total. The highest BCUT2D eigenvalue weighted by Crippen LogP contribution is 2.37. The van der Waals surface area contributed by atoms with Crippen molar-refractivity contribution in [2.75, 3.05) is 13.1 Å². The number of aliphatic hydroxyl groups is 1. The molecule has 1 atom stereocenters. The molecule has 2 heterocycles. The normalized spacial score (nSPS) is 28.4. The minimum absolute atomic E-state index is 0.151. The molecule has 0 bridgehead atoms. The fourth-order valence-electron chi connectivity index (χ4n) is 3.36. The molecule has 1 aliphatic carbocycles. The van der Waals surface area contributed by atoms with Gasteiger partial charge in [-0.2, -0.15) is 18.2 Å². The van der Waals surface area contributed by atoms with Crippen molar-refractivity contribution in [2.45, 2.75) is 62.8 Å². The summed E-state index contributed by atoms with van der Waals surface area (Å²) in [5.74, 6) is 1.30. The number of likely N-dealkylation sites (tertiary alicyclic amines) is 1. The molecule has 0 spiro atoms. The Hall–Kier alpha value is -1.15. The largest absolute Gasteiger partial charge is 0.418 e. The van der Waals surface area contributed by atoms with Crippen LogP contribution in [0.25, 0.3) is 0 Å². The first-order valence-electron chi connectivity index (χ1n) is 7.71. The van der Waals surface area contributed by atoms with Crippen molar-refractivity contribution in [2.24, 2.45) is 0 Å². The number of nitrogens with zero attached hydrogens (tertiary/aromatic N) is 3. The van der Waals surface area contributed by atoms with E-state index in [1.54, 1.807) is 0 Å². The highest BCUT2D eigenvalue weighted by atomic mass is 19.4. The zero-order valence-corrected chi connectivity index (χ0v) is 12.3. The summed E-state index contributed by atoms with van der Waals surface area (Å²) in [6.45, 7) is 0.190. The van der Waals surface area contributed by atoms with Crippen LogP contribution in [0.15, 0.2) is 4.52 Å². The number of hydrogen-bond donors (Lipinski definition) is 1. The number of β-amino-alcohol motifs (C(OH)–C–C–N with tert-alkyl or cyclic N) is 1. The summed E-state index contributed by atoms with van der Waals surface area (Å²) in [6, 6.07) is 0. The van der Waals surface area contributed by atoms with Crippen LogP contribution < -0.4 is 0 Å². The van der Waals surface area contributed by atoms with Crippen LogP contribution in [0.5, 0.6) is 0 Å². The number of halogens is 3. The molecule has 5 nitrogen and oxygen atoms in total. The second-order valence-electron chi connectivity index (χ2n) is 6.37. The lowest BCUT2D eigenvalue weighted by molar-refractivity contribution is -0.274. The first-order valence-corrected chi connectivity index (χ1v) is 7.71. The molecular formula is C14H20F3N3O2. The fourth-order valence-corrected chi connectivity index (χ4v) is 3.36. The zero-order valence-electron chi connectivity index (χ0n) is 12.3. The summed E-state index contributed by atoms with van der Waals surface area (Å²) in [6.07, 6.45) is -0.203. The number of rotatable bonds is 3. The van der Waals surface area contributed by atoms with E-state index in [4.69, 9.17) is 4.52 Å². The molecule has 124 valence electrons. The van der Waals surface area contributed by atoms with Gasteiger partial charge in [0.25, 0.3) is 0 Å². The SMILES string of the molecule is O[C@@]1(C(F)(F)F)CCCN(Cc2nc(C3CCCC3)no2)C1. The van der Waals surface area contributed by atoms with Crippen LogP contribution >= 0.6 is 0 Å². The van der Waals surface area contributed by atoms with Crippen LogP contribution in [0.4, 0.5) is 13.2 Å². The summed E-state index contributed by atoms with van der Waals surface area (Å²) in [5, 5.41) is 13.8. The Morgan fingerprint density at radius 2 is 2.00 bits per heavy atom. The van der Waals surface area contributed by atoms with Crippen molar-refractivity contribution in [3.05, 3.63) is 11.7 Å². The second-order valence-corrected chi connectivity index (χ2v) is 6.37. The molecule has 22 heavy (non-hydrogen) atoms. The maximum atomic E-state index is 12.9. The van der Waals surface area contributed by atoms with Crippen LogP contribution in [-0.4, -0.2) is 45.0 Å². The van der Waals surface area contributed by atoms with E-state index >= 15 is 0 Å². The molecule has 0 radical (unpaired) electrons. The first-order chi connectivity index (χ1) is 10.4. The van der Waals surface area contributed by atoms with Crippen molar-refractivity contribution in [1.82, 2.24) is 15.0 Å². The molecule has 1 aromatic rings. The smallest absolute Gasteiger partial charge is 0.379 e. The van der Waals surface area contributed by atoms with Gasteiger partial charge in [0.1, 0.15) is 0 Å². The lowest BCUT2D eigenvalue weighted by Crippen LogP contribution is -2.56. The molecular weight excluding hydrogens is 299 g/mol. The maximum Gasteiger partial charge on any atom is 0.418 e. The molecule has 2 aliphatic rings. The molecule has 0 amide bonds. The quantitative estimate of drug-likeness (QED) is 0.928. The highest BCUT2D eigenvalue weighted by Gasteiger charge is 2.55. The third-order valence-electron chi connectivity index (χ3n) is 4.64. The lowest BCUT2D eigenvalue weighted by atomic mass is 9.92. The van der Waals surface area contributed by atoms with E-state index in [0.717, 1.165) is 25.7 Å². The monoisotopic (exact) mass is 319 g/mol. The van der Waals surface area contributed by atoms with Crippen LogP contribution in [0.3, 0.4) is 0 Å². The minimum atomic E-state index is -4.62. The Labute approximate surface area is 126 Å². The molecule has 1 saturated carbocycles. The summed E-state index contributed by atoms with van der Waals surface area (Å²) in [7, 11) is 0. The van der Waals surface area contributed by atoms with Gasteiger partial charge in [-0.1, -0.05) is 18.0 Å². The van der Waals surface area contributed by atoms with Crippen LogP contribution in [0.2, 0.25) is 0 Å². The Morgan fingerprint density at radius 3 is 2.68 bits per heavy atom. The summed E-state index contributed by atoms with van der Waals surface area (Å²) < 4.78 is 43.9. The van der Waals surface area contributed by atoms with Crippen LogP contribution in [0, 0.1) is 0 Å². The second kappa shape index (κ2) is 5.81. The lowest BCUT2D eigenvalue weighted by Gasteiger charge is -2.39. The molecule has 0 aromatic carbocycles. The van der Waals surface area contributed by atoms with Crippen molar-refractivity contribution in [1.29, 1.82) is 0 Å². The van der Waals surface area contributed by atoms with Gasteiger partial charge < -0.3 is 9.63 Å². The van der Waals surface area contributed by atoms with Crippen molar-refractivity contribution in [3.8, 4) is 0 Å². The van der Waals surface area contributed by atoms with Gasteiger partial charge in [-0.3, -0.25) is 4.90 Å². The van der Waals surface area contributed by atoms with E-state index in [1.807, 2.05) is 0 Å². The van der Waals surface area contributed by atoms with E-state index in [1.165, 1.54) is 4.90 Å². The molecule has 2 fully saturated rings. The summed E-state index contributed by atoms with van der Waals surface area (Å²) >= 11 is 0. The van der Waals surface area contributed by atoms with E-state index in [-0.39, 0.29) is 13.0 Å². The number of aromatic nitrogens is 2. The Balaban J connectivity index is 1.63. The first kappa shape index (κ1) is 15.7. The maximum absolute atomic E-state index is 12.9. The van der Waals surface area contributed by atoms with Crippen LogP contribution in [-0.2, 0) is 6.54 Å². The summed E-state index contributed by atoms with van der Waals surface area (Å²) in [4.78, 5) is 5.84. The van der Waals surface area contributed by atoms with Crippen molar-refractivity contribution >= 4 is 0 Å². The number of hydrogen-bond acceptors (Lipinski definition) is 5. The third-order valence-corrected chi connectivity index (χ3v) is 4.64. The molecule has 8 heteroatoms. The van der Waals surface area contributed by atoms with E-state index in [9.17, 15) is 18.3 Å². The van der Waals surface area contributed by atoms with Gasteiger partial charge in [0, 0.05) is 12.5 Å². The van der Waals surface area contributed by atoms with Gasteiger partial charge in [0.05, 0.1) is 6.54 Å². The van der Waals surface area contributed by atoms with E-state index < -0.39 is 18.3 Å². The minimum Gasteiger partial charge on any atom is -0.379 e. The number of piperidine rings is 1. The Morgan fingerprint density at radius 1 is 1.27 bits per heavy atom. The Bertz CT molecular complexity index is 514. The van der Waals surface area contributed by atoms with E-state index in [0.29, 0.717) is 30.6 Å². The predicted octanol–water partition coefficient (Wildman–Crippen LogP) is 2.62. The topological polar surface area (TPSA) is 62.4 Å². The van der Waals surface area contributed by atoms with Gasteiger partial charge >= 0.3 is 6.18 Å². The predicted molar refractivity (Wildman–Crippen MR) is 71.0 cm³/mol. The average Bonchev–Trinajstić information content (AvgIpc) is 3.07. The van der Waals surface area contributed by atoms with Gasteiger partial charge in [0.2, 0.25) is 5.89 Å². The van der Waals surface area contributed by atoms with Crippen molar-refractivity contribution in [3.63, 3.8) is 0 Å². The van der Waals surface area contributed by atoms with Gasteiger partial charge in [-0.05, 0) is 32.2 Å². The van der Waals surface area contributed by atoms with Gasteiger partial charge in [-0.25, -0.2) is 0 Å². The third kappa shape index (κ3) is 3.12. The highest BCUT2D eigenvalue weighted by molar-refractivity contribution is 4.99. The summed E-state index contributed by atoms with van der Waals surface area (Å²) in [5.41, 5.74) is -2.64. The van der Waals surface area contributed by atoms with Gasteiger partial charge in [0.15, 0.2) is 11.4 Å². The number of alkyl halides is 3. The molecule has 1 aliphatic heterocycles. The molecule has 0 unspecified atom stereocenters. The molecule has 1 aromatic heterocycles. The van der Waals surface area contributed by atoms with Crippen LogP contribution in [0.1, 0.15) is 56.2 Å². The molecule has 3 rings (SSSR count). The zero-order chi connectivity index (χ0) is 15.8. The Kier molecular flexibility index (Phi) is 4.15. The van der Waals surface area contributed by atoms with Crippen molar-refractivity contribution < 1.29 is 22.8 Å². The van der Waals surface area contributed by atoms with E-state index in [2.05, 4.69) is 10.1 Å². The fraction of sp³-hybridized carbons (Fsp3) is 0.857.